The first-order valence-corrected chi connectivity index (χ1v) is 9.08. The van der Waals surface area contributed by atoms with E-state index < -0.39 is 23.8 Å². The van der Waals surface area contributed by atoms with Crippen LogP contribution >= 0.6 is 23.2 Å². The predicted octanol–water partition coefficient (Wildman–Crippen LogP) is 3.21. The molecule has 0 heterocycles. The molecule has 0 aliphatic rings. The van der Waals surface area contributed by atoms with Gasteiger partial charge >= 0.3 is 5.97 Å². The maximum atomic E-state index is 12.4. The highest BCUT2D eigenvalue weighted by molar-refractivity contribution is 6.36. The van der Waals surface area contributed by atoms with Gasteiger partial charge in [0.05, 0.1) is 16.7 Å². The molecule has 0 aliphatic heterocycles. The maximum Gasteiger partial charge on any atom is 0.325 e. The average Bonchev–Trinajstić information content (AvgIpc) is 2.50. The van der Waals surface area contributed by atoms with Gasteiger partial charge in [0.15, 0.2) is 0 Å². The molecule has 1 atom stereocenters. The number of ether oxygens (including phenoxy) is 1. The van der Waals surface area contributed by atoms with E-state index in [0.29, 0.717) is 11.4 Å². The number of carbonyl (C=O) groups excluding carboxylic acids is 3. The van der Waals surface area contributed by atoms with Crippen LogP contribution in [0.15, 0.2) is 18.2 Å². The molecule has 26 heavy (non-hydrogen) atoms. The van der Waals surface area contributed by atoms with Crippen molar-refractivity contribution in [2.75, 3.05) is 6.54 Å². The van der Waals surface area contributed by atoms with Crippen molar-refractivity contribution in [1.82, 2.24) is 10.6 Å². The van der Waals surface area contributed by atoms with Crippen LogP contribution in [0.4, 0.5) is 0 Å². The molecule has 1 aromatic carbocycles. The number of hydrogen-bond donors (Lipinski definition) is 2. The Morgan fingerprint density at radius 2 is 1.77 bits per heavy atom. The molecule has 0 fully saturated rings. The van der Waals surface area contributed by atoms with Crippen LogP contribution in [0.5, 0.6) is 0 Å². The third-order valence-electron chi connectivity index (χ3n) is 3.28. The van der Waals surface area contributed by atoms with Crippen LogP contribution in [-0.2, 0) is 14.3 Å². The van der Waals surface area contributed by atoms with Crippen LogP contribution in [0.1, 0.15) is 44.5 Å². The van der Waals surface area contributed by atoms with Crippen LogP contribution in [-0.4, -0.2) is 36.5 Å². The van der Waals surface area contributed by atoms with Gasteiger partial charge in [0.25, 0.3) is 5.91 Å². The van der Waals surface area contributed by atoms with Crippen molar-refractivity contribution < 1.29 is 19.1 Å². The SMILES string of the molecule is CC(C)CC(NC(=O)c1ccc(Cl)cc1Cl)C(=O)NCC(=O)OC(C)C. The van der Waals surface area contributed by atoms with E-state index in [4.69, 9.17) is 27.9 Å². The monoisotopic (exact) mass is 402 g/mol. The Morgan fingerprint density at radius 3 is 2.31 bits per heavy atom. The molecule has 1 rings (SSSR count). The molecule has 2 N–H and O–H groups in total. The quantitative estimate of drug-likeness (QED) is 0.653. The zero-order chi connectivity index (χ0) is 19.9. The number of esters is 1. The number of nitrogens with one attached hydrogen (secondary N) is 2. The van der Waals surface area contributed by atoms with Crippen LogP contribution in [0.25, 0.3) is 0 Å². The lowest BCUT2D eigenvalue weighted by atomic mass is 10.0. The van der Waals surface area contributed by atoms with E-state index in [9.17, 15) is 14.4 Å². The number of hydrogen-bond acceptors (Lipinski definition) is 4. The van der Waals surface area contributed by atoms with E-state index >= 15 is 0 Å². The lowest BCUT2D eigenvalue weighted by Crippen LogP contribution is -2.48. The van der Waals surface area contributed by atoms with Crippen molar-refractivity contribution in [2.24, 2.45) is 5.92 Å². The zero-order valence-corrected chi connectivity index (χ0v) is 16.8. The fraction of sp³-hybridized carbons (Fsp3) is 0.500. The molecule has 0 spiro atoms. The van der Waals surface area contributed by atoms with E-state index in [-0.39, 0.29) is 29.2 Å². The molecule has 6 nitrogen and oxygen atoms in total. The average molecular weight is 403 g/mol. The van der Waals surface area contributed by atoms with Crippen molar-refractivity contribution >= 4 is 41.0 Å². The lowest BCUT2D eigenvalue weighted by molar-refractivity contribution is -0.147. The topological polar surface area (TPSA) is 84.5 Å². The minimum absolute atomic E-state index is 0.148. The Hall–Kier alpha value is -1.79. The first-order valence-electron chi connectivity index (χ1n) is 8.33. The second-order valence-corrected chi connectivity index (χ2v) is 7.38. The highest BCUT2D eigenvalue weighted by Gasteiger charge is 2.24. The molecular weight excluding hydrogens is 379 g/mol. The van der Waals surface area contributed by atoms with Crippen molar-refractivity contribution in [3.05, 3.63) is 33.8 Å². The standard InChI is InChI=1S/C18H24Cl2N2O4/c1-10(2)7-15(18(25)21-9-16(23)26-11(3)4)22-17(24)13-6-5-12(19)8-14(13)20/h5-6,8,10-11,15H,7,9H2,1-4H3,(H,21,25)(H,22,24). The largest absolute Gasteiger partial charge is 0.462 e. The summed E-state index contributed by atoms with van der Waals surface area (Å²) in [6.07, 6.45) is 0.139. The van der Waals surface area contributed by atoms with E-state index in [1.165, 1.54) is 12.1 Å². The summed E-state index contributed by atoms with van der Waals surface area (Å²) in [4.78, 5) is 36.4. The second-order valence-electron chi connectivity index (χ2n) is 6.54. The van der Waals surface area contributed by atoms with Crippen LogP contribution in [0.2, 0.25) is 10.0 Å². The van der Waals surface area contributed by atoms with Crippen LogP contribution in [0, 0.1) is 5.92 Å². The molecule has 0 bridgehead atoms. The van der Waals surface area contributed by atoms with Gasteiger partial charge in [-0.25, -0.2) is 0 Å². The first kappa shape index (κ1) is 22.3. The zero-order valence-electron chi connectivity index (χ0n) is 15.3. The summed E-state index contributed by atoms with van der Waals surface area (Å²) >= 11 is 11.9. The smallest absolute Gasteiger partial charge is 0.325 e. The van der Waals surface area contributed by atoms with Crippen molar-refractivity contribution in [3.63, 3.8) is 0 Å². The summed E-state index contributed by atoms with van der Waals surface area (Å²) in [6.45, 7) is 7.03. The lowest BCUT2D eigenvalue weighted by Gasteiger charge is -2.20. The van der Waals surface area contributed by atoms with Gasteiger partial charge in [-0.1, -0.05) is 37.0 Å². The fourth-order valence-electron chi connectivity index (χ4n) is 2.20. The molecule has 0 aliphatic carbocycles. The van der Waals surface area contributed by atoms with E-state index in [2.05, 4.69) is 10.6 Å². The predicted molar refractivity (Wildman–Crippen MR) is 101 cm³/mol. The Balaban J connectivity index is 2.77. The van der Waals surface area contributed by atoms with Gasteiger partial charge in [0.1, 0.15) is 12.6 Å². The maximum absolute atomic E-state index is 12.4. The van der Waals surface area contributed by atoms with Gasteiger partial charge in [-0.2, -0.15) is 0 Å². The fourth-order valence-corrected chi connectivity index (χ4v) is 2.69. The minimum atomic E-state index is -0.805. The number of amides is 2. The Labute approximate surface area is 163 Å². The van der Waals surface area contributed by atoms with Crippen molar-refractivity contribution in [1.29, 1.82) is 0 Å². The Bertz CT molecular complexity index is 663. The molecule has 144 valence electrons. The summed E-state index contributed by atoms with van der Waals surface area (Å²) in [5.74, 6) is -1.34. The molecule has 0 radical (unpaired) electrons. The van der Waals surface area contributed by atoms with Crippen LogP contribution in [0.3, 0.4) is 0 Å². The third kappa shape index (κ3) is 7.62. The molecule has 0 saturated carbocycles. The molecule has 8 heteroatoms. The summed E-state index contributed by atoms with van der Waals surface area (Å²) in [7, 11) is 0. The summed E-state index contributed by atoms with van der Waals surface area (Å²) in [5.41, 5.74) is 0.219. The van der Waals surface area contributed by atoms with Gasteiger partial charge in [0.2, 0.25) is 5.91 Å². The van der Waals surface area contributed by atoms with Crippen LogP contribution < -0.4 is 10.6 Å². The Kier molecular flexibility index (Phi) is 8.88. The Morgan fingerprint density at radius 1 is 1.12 bits per heavy atom. The normalized spacial score (nSPS) is 12.0. The molecule has 2 amide bonds. The van der Waals surface area contributed by atoms with Crippen molar-refractivity contribution in [2.45, 2.75) is 46.3 Å². The number of carbonyl (C=O) groups is 3. The van der Waals surface area contributed by atoms with Gasteiger partial charge < -0.3 is 15.4 Å². The molecular formula is C18H24Cl2N2O4. The second kappa shape index (κ2) is 10.4. The van der Waals surface area contributed by atoms with Gasteiger partial charge in [-0.15, -0.1) is 0 Å². The number of benzene rings is 1. The van der Waals surface area contributed by atoms with E-state index in [1.807, 2.05) is 13.8 Å². The van der Waals surface area contributed by atoms with Gasteiger partial charge in [0, 0.05) is 5.02 Å². The molecule has 0 saturated heterocycles. The third-order valence-corrected chi connectivity index (χ3v) is 3.83. The van der Waals surface area contributed by atoms with Crippen molar-refractivity contribution in [3.8, 4) is 0 Å². The number of halogens is 2. The van der Waals surface area contributed by atoms with Gasteiger partial charge in [-0.05, 0) is 44.4 Å². The molecule has 1 aromatic rings. The van der Waals surface area contributed by atoms with E-state index in [0.717, 1.165) is 0 Å². The minimum Gasteiger partial charge on any atom is -0.462 e. The summed E-state index contributed by atoms with van der Waals surface area (Å²) in [5, 5.41) is 5.75. The molecule has 1 unspecified atom stereocenters. The molecule has 0 aromatic heterocycles. The first-order chi connectivity index (χ1) is 12.1. The summed E-state index contributed by atoms with van der Waals surface area (Å²) in [6, 6.07) is 3.69. The summed E-state index contributed by atoms with van der Waals surface area (Å²) < 4.78 is 4.97. The highest BCUT2D eigenvalue weighted by Crippen LogP contribution is 2.21. The number of rotatable bonds is 8. The highest BCUT2D eigenvalue weighted by atomic mass is 35.5. The van der Waals surface area contributed by atoms with E-state index in [1.54, 1.807) is 19.9 Å². The van der Waals surface area contributed by atoms with Gasteiger partial charge in [-0.3, -0.25) is 14.4 Å².